The maximum atomic E-state index is 5.89. The van der Waals surface area contributed by atoms with E-state index in [2.05, 4.69) is 20.9 Å². The highest BCUT2D eigenvalue weighted by molar-refractivity contribution is 9.09. The molecule has 1 aromatic rings. The molecule has 0 radical (unpaired) electrons. The smallest absolute Gasteiger partial charge is 0.136 e. The lowest BCUT2D eigenvalue weighted by molar-refractivity contribution is 1.19. The lowest BCUT2D eigenvalue weighted by Gasteiger charge is -1.97. The zero-order valence-electron chi connectivity index (χ0n) is 6.72. The van der Waals surface area contributed by atoms with Crippen LogP contribution in [0.5, 0.6) is 0 Å². The van der Waals surface area contributed by atoms with Gasteiger partial charge in [-0.05, 0) is 13.0 Å². The van der Waals surface area contributed by atoms with Crippen LogP contribution in [0.15, 0.2) is 18.2 Å². The van der Waals surface area contributed by atoms with Gasteiger partial charge < -0.3 is 0 Å². The summed E-state index contributed by atoms with van der Waals surface area (Å²) >= 11 is 9.18. The van der Waals surface area contributed by atoms with E-state index in [1.807, 2.05) is 31.2 Å². The molecule has 1 rings (SSSR count). The van der Waals surface area contributed by atoms with E-state index < -0.39 is 0 Å². The SMILES string of the molecule is Cc1ccc(C=CCBr)c(Cl)n1. The van der Waals surface area contributed by atoms with E-state index in [0.29, 0.717) is 5.15 Å². The molecule has 1 nitrogen and oxygen atoms in total. The average Bonchev–Trinajstić information content (AvgIpc) is 2.03. The van der Waals surface area contributed by atoms with Crippen molar-refractivity contribution in [1.82, 2.24) is 4.98 Å². The average molecular weight is 247 g/mol. The third kappa shape index (κ3) is 2.61. The first-order valence-electron chi connectivity index (χ1n) is 3.59. The van der Waals surface area contributed by atoms with Crippen LogP contribution in [-0.4, -0.2) is 10.3 Å². The van der Waals surface area contributed by atoms with Crippen LogP contribution in [0.4, 0.5) is 0 Å². The Balaban J connectivity index is 2.94. The minimum atomic E-state index is 0.562. The van der Waals surface area contributed by atoms with Gasteiger partial charge in [-0.3, -0.25) is 0 Å². The van der Waals surface area contributed by atoms with E-state index in [0.717, 1.165) is 16.6 Å². The molecular weight excluding hydrogens is 237 g/mol. The molecule has 0 fully saturated rings. The third-order valence-corrected chi connectivity index (χ3v) is 2.08. The summed E-state index contributed by atoms with van der Waals surface area (Å²) in [7, 11) is 0. The zero-order valence-corrected chi connectivity index (χ0v) is 9.06. The second kappa shape index (κ2) is 4.63. The monoisotopic (exact) mass is 245 g/mol. The summed E-state index contributed by atoms with van der Waals surface area (Å²) in [5.74, 6) is 0. The first-order chi connectivity index (χ1) is 5.74. The largest absolute Gasteiger partial charge is 0.241 e. The number of allylic oxidation sites excluding steroid dienone is 1. The molecule has 0 aromatic carbocycles. The Kier molecular flexibility index (Phi) is 3.76. The molecule has 3 heteroatoms. The fraction of sp³-hybridized carbons (Fsp3) is 0.222. The lowest BCUT2D eigenvalue weighted by atomic mass is 10.2. The van der Waals surface area contributed by atoms with Gasteiger partial charge in [-0.25, -0.2) is 4.98 Å². The van der Waals surface area contributed by atoms with Gasteiger partial charge >= 0.3 is 0 Å². The number of nitrogens with zero attached hydrogens (tertiary/aromatic N) is 1. The zero-order chi connectivity index (χ0) is 8.97. The van der Waals surface area contributed by atoms with Crippen molar-refractivity contribution in [3.63, 3.8) is 0 Å². The van der Waals surface area contributed by atoms with E-state index in [1.165, 1.54) is 0 Å². The van der Waals surface area contributed by atoms with Gasteiger partial charge in [-0.15, -0.1) is 0 Å². The van der Waals surface area contributed by atoms with Crippen molar-refractivity contribution in [2.24, 2.45) is 0 Å². The molecule has 12 heavy (non-hydrogen) atoms. The third-order valence-electron chi connectivity index (χ3n) is 1.40. The van der Waals surface area contributed by atoms with Gasteiger partial charge in [0.15, 0.2) is 0 Å². The van der Waals surface area contributed by atoms with E-state index in [4.69, 9.17) is 11.6 Å². The van der Waals surface area contributed by atoms with Crippen molar-refractivity contribution in [3.8, 4) is 0 Å². The Morgan fingerprint density at radius 3 is 2.92 bits per heavy atom. The van der Waals surface area contributed by atoms with Crippen LogP contribution >= 0.6 is 27.5 Å². The summed E-state index contributed by atoms with van der Waals surface area (Å²) < 4.78 is 0. The number of aromatic nitrogens is 1. The highest BCUT2D eigenvalue weighted by Crippen LogP contribution is 2.14. The maximum Gasteiger partial charge on any atom is 0.136 e. The highest BCUT2D eigenvalue weighted by Gasteiger charge is 1.96. The van der Waals surface area contributed by atoms with Crippen LogP contribution in [0.1, 0.15) is 11.3 Å². The van der Waals surface area contributed by atoms with Crippen LogP contribution < -0.4 is 0 Å². The molecule has 0 bridgehead atoms. The number of aryl methyl sites for hydroxylation is 1. The fourth-order valence-corrected chi connectivity index (χ4v) is 1.28. The Bertz CT molecular complexity index is 297. The number of halogens is 2. The minimum absolute atomic E-state index is 0.562. The van der Waals surface area contributed by atoms with Gasteiger partial charge in [0, 0.05) is 16.6 Å². The van der Waals surface area contributed by atoms with Gasteiger partial charge in [0.25, 0.3) is 0 Å². The number of pyridine rings is 1. The molecule has 1 heterocycles. The molecule has 0 spiro atoms. The maximum absolute atomic E-state index is 5.89. The summed E-state index contributed by atoms with van der Waals surface area (Å²) in [6.45, 7) is 1.92. The number of alkyl halides is 1. The van der Waals surface area contributed by atoms with Crippen molar-refractivity contribution < 1.29 is 0 Å². The van der Waals surface area contributed by atoms with Crippen LogP contribution in [0.3, 0.4) is 0 Å². The summed E-state index contributed by atoms with van der Waals surface area (Å²) in [4.78, 5) is 4.13. The topological polar surface area (TPSA) is 12.9 Å². The fourth-order valence-electron chi connectivity index (χ4n) is 0.832. The van der Waals surface area contributed by atoms with Crippen molar-refractivity contribution in [1.29, 1.82) is 0 Å². The summed E-state index contributed by atoms with van der Waals surface area (Å²) in [6, 6.07) is 3.91. The summed E-state index contributed by atoms with van der Waals surface area (Å²) in [5.41, 5.74) is 1.90. The van der Waals surface area contributed by atoms with Crippen LogP contribution in [0, 0.1) is 6.92 Å². The van der Waals surface area contributed by atoms with E-state index in [1.54, 1.807) is 0 Å². The van der Waals surface area contributed by atoms with Crippen molar-refractivity contribution in [2.75, 3.05) is 5.33 Å². The second-order valence-corrected chi connectivity index (χ2v) is 3.39. The van der Waals surface area contributed by atoms with Gasteiger partial charge in [0.2, 0.25) is 0 Å². The Labute approximate surface area is 85.6 Å². The molecule has 0 amide bonds. The summed E-state index contributed by atoms with van der Waals surface area (Å²) in [5, 5.41) is 1.39. The number of hydrogen-bond donors (Lipinski definition) is 0. The molecule has 0 atom stereocenters. The molecule has 0 aliphatic rings. The van der Waals surface area contributed by atoms with E-state index in [-0.39, 0.29) is 0 Å². The van der Waals surface area contributed by atoms with Crippen molar-refractivity contribution in [3.05, 3.63) is 34.6 Å². The van der Waals surface area contributed by atoms with Gasteiger partial charge in [-0.2, -0.15) is 0 Å². The Morgan fingerprint density at radius 1 is 1.58 bits per heavy atom. The quantitative estimate of drug-likeness (QED) is 0.575. The minimum Gasteiger partial charge on any atom is -0.241 e. The lowest BCUT2D eigenvalue weighted by Crippen LogP contribution is -1.84. The van der Waals surface area contributed by atoms with Gasteiger partial charge in [0.1, 0.15) is 5.15 Å². The first kappa shape index (κ1) is 9.75. The molecule has 0 saturated heterocycles. The van der Waals surface area contributed by atoms with Crippen LogP contribution in [0.25, 0.3) is 6.08 Å². The standard InChI is InChI=1S/C9H9BrClN/c1-7-4-5-8(3-2-6-10)9(11)12-7/h2-5H,6H2,1H3. The Hall–Kier alpha value is -0.340. The number of hydrogen-bond acceptors (Lipinski definition) is 1. The Morgan fingerprint density at radius 2 is 2.33 bits per heavy atom. The van der Waals surface area contributed by atoms with Crippen LogP contribution in [-0.2, 0) is 0 Å². The van der Waals surface area contributed by atoms with Gasteiger partial charge in [-0.1, -0.05) is 45.7 Å². The molecule has 64 valence electrons. The first-order valence-corrected chi connectivity index (χ1v) is 5.09. The van der Waals surface area contributed by atoms with Crippen molar-refractivity contribution >= 4 is 33.6 Å². The second-order valence-electron chi connectivity index (χ2n) is 2.39. The molecular formula is C9H9BrClN. The van der Waals surface area contributed by atoms with Gasteiger partial charge in [0.05, 0.1) is 0 Å². The molecule has 0 N–H and O–H groups in total. The number of rotatable bonds is 2. The predicted molar refractivity (Wildman–Crippen MR) is 56.8 cm³/mol. The molecule has 0 aliphatic carbocycles. The molecule has 1 aromatic heterocycles. The van der Waals surface area contributed by atoms with E-state index in [9.17, 15) is 0 Å². The summed E-state index contributed by atoms with van der Waals surface area (Å²) in [6.07, 6.45) is 3.93. The van der Waals surface area contributed by atoms with E-state index >= 15 is 0 Å². The van der Waals surface area contributed by atoms with Crippen LogP contribution in [0.2, 0.25) is 5.15 Å². The highest BCUT2D eigenvalue weighted by atomic mass is 79.9. The predicted octanol–water partition coefficient (Wildman–Crippen LogP) is 3.45. The van der Waals surface area contributed by atoms with Crippen molar-refractivity contribution in [2.45, 2.75) is 6.92 Å². The molecule has 0 saturated carbocycles. The molecule has 0 aliphatic heterocycles. The normalized spacial score (nSPS) is 10.9. The molecule has 0 unspecified atom stereocenters.